The molecule has 0 unspecified atom stereocenters. The average Bonchev–Trinajstić information content (AvgIpc) is 1.81. The number of nitrogen functional groups attached to an aromatic ring is 1. The van der Waals surface area contributed by atoms with Gasteiger partial charge in [-0.1, -0.05) is 11.6 Å². The van der Waals surface area contributed by atoms with Gasteiger partial charge in [-0.3, -0.25) is 0 Å². The molecule has 0 saturated heterocycles. The van der Waals surface area contributed by atoms with Crippen LogP contribution in [0.5, 0.6) is 5.88 Å². The van der Waals surface area contributed by atoms with Crippen molar-refractivity contribution in [2.24, 2.45) is 0 Å². The predicted molar refractivity (Wildman–Crippen MR) is 40.3 cm³/mol. The fourth-order valence-corrected chi connectivity index (χ4v) is 0.853. The molecule has 0 bridgehead atoms. The molecule has 0 saturated carbocycles. The maximum absolute atomic E-state index is 11.6. The van der Waals surface area contributed by atoms with E-state index in [1.54, 1.807) is 0 Å². The summed E-state index contributed by atoms with van der Waals surface area (Å²) < 4.78 is 27.2. The van der Waals surface area contributed by atoms with Crippen LogP contribution in [0.25, 0.3) is 0 Å². The lowest BCUT2D eigenvalue weighted by Gasteiger charge is -2.03. The van der Waals surface area contributed by atoms with Crippen LogP contribution in [0, 0.1) is 0 Å². The quantitative estimate of drug-likeness (QED) is 0.732. The van der Waals surface area contributed by atoms with Crippen molar-refractivity contribution in [2.75, 3.05) is 5.73 Å². The van der Waals surface area contributed by atoms with Crippen LogP contribution >= 0.6 is 11.6 Å². The van der Waals surface area contributed by atoms with Crippen LogP contribution in [0.15, 0.2) is 12.1 Å². The van der Waals surface area contributed by atoms with Gasteiger partial charge in [-0.15, -0.1) is 0 Å². The number of nitrogens with two attached hydrogens (primary N) is 1. The van der Waals surface area contributed by atoms with Gasteiger partial charge in [0.2, 0.25) is 5.88 Å². The molecule has 1 rings (SSSR count). The molecule has 3 nitrogen and oxygen atoms in total. The van der Waals surface area contributed by atoms with Crippen LogP contribution in [0.2, 0.25) is 5.15 Å². The fourth-order valence-electron chi connectivity index (χ4n) is 0.643. The first-order valence-corrected chi connectivity index (χ1v) is 3.33. The smallest absolute Gasteiger partial charge is 0.388 e. The maximum Gasteiger partial charge on any atom is 0.388 e. The Morgan fingerprint density at radius 2 is 2.17 bits per heavy atom. The zero-order valence-corrected chi connectivity index (χ0v) is 6.55. The molecule has 1 heterocycles. The summed E-state index contributed by atoms with van der Waals surface area (Å²) in [6, 6.07) is 2.50. The topological polar surface area (TPSA) is 48.1 Å². The zero-order valence-electron chi connectivity index (χ0n) is 5.80. The first-order valence-electron chi connectivity index (χ1n) is 2.96. The number of hydrogen-bond acceptors (Lipinski definition) is 3. The molecule has 0 fully saturated rings. The third-order valence-corrected chi connectivity index (χ3v) is 1.20. The second-order valence-corrected chi connectivity index (χ2v) is 2.33. The summed E-state index contributed by atoms with van der Waals surface area (Å²) in [5.74, 6) is -0.282. The molecule has 1 aromatic heterocycles. The van der Waals surface area contributed by atoms with Gasteiger partial charge in [-0.2, -0.15) is 8.78 Å². The summed E-state index contributed by atoms with van der Waals surface area (Å²) in [4.78, 5) is 3.46. The van der Waals surface area contributed by atoms with Crippen molar-refractivity contribution in [1.82, 2.24) is 4.98 Å². The summed E-state index contributed by atoms with van der Waals surface area (Å²) >= 11 is 5.42. The average molecular weight is 195 g/mol. The van der Waals surface area contributed by atoms with Crippen LogP contribution in [0.3, 0.4) is 0 Å². The first kappa shape index (κ1) is 8.99. The highest BCUT2D eigenvalue weighted by Crippen LogP contribution is 2.18. The Labute approximate surface area is 72.1 Å². The Hall–Kier alpha value is -1.10. The van der Waals surface area contributed by atoms with Crippen molar-refractivity contribution in [2.45, 2.75) is 6.61 Å². The van der Waals surface area contributed by atoms with Gasteiger partial charge in [-0.05, 0) is 6.07 Å². The molecule has 12 heavy (non-hydrogen) atoms. The van der Waals surface area contributed by atoms with Gasteiger partial charge in [0.15, 0.2) is 0 Å². The van der Waals surface area contributed by atoms with E-state index in [-0.39, 0.29) is 16.7 Å². The number of alkyl halides is 2. The van der Waals surface area contributed by atoms with Crippen molar-refractivity contribution in [3.05, 3.63) is 17.3 Å². The van der Waals surface area contributed by atoms with Crippen molar-refractivity contribution >= 4 is 17.3 Å². The fraction of sp³-hybridized carbons (Fsp3) is 0.167. The molecule has 0 amide bonds. The van der Waals surface area contributed by atoms with E-state index < -0.39 is 6.61 Å². The second-order valence-electron chi connectivity index (χ2n) is 1.94. The Morgan fingerprint density at radius 1 is 1.50 bits per heavy atom. The number of hydrogen-bond donors (Lipinski definition) is 1. The first-order chi connectivity index (χ1) is 5.58. The molecule has 0 aliphatic heterocycles. The van der Waals surface area contributed by atoms with Crippen LogP contribution in [0.4, 0.5) is 14.5 Å². The number of anilines is 1. The Bertz CT molecular complexity index is 262. The predicted octanol–water partition coefficient (Wildman–Crippen LogP) is 1.92. The maximum atomic E-state index is 11.6. The minimum absolute atomic E-state index is 0.0191. The van der Waals surface area contributed by atoms with Gasteiger partial charge >= 0.3 is 6.61 Å². The monoisotopic (exact) mass is 194 g/mol. The molecule has 1 aromatic rings. The molecule has 0 aromatic carbocycles. The van der Waals surface area contributed by atoms with Crippen molar-refractivity contribution in [3.63, 3.8) is 0 Å². The highest BCUT2D eigenvalue weighted by molar-refractivity contribution is 6.29. The van der Waals surface area contributed by atoms with Crippen LogP contribution in [-0.4, -0.2) is 11.6 Å². The van der Waals surface area contributed by atoms with E-state index in [0.29, 0.717) is 0 Å². The largest absolute Gasteiger partial charge is 0.417 e. The van der Waals surface area contributed by atoms with E-state index in [1.807, 2.05) is 0 Å². The molecule has 0 radical (unpaired) electrons. The number of pyridine rings is 1. The second kappa shape index (κ2) is 3.53. The van der Waals surface area contributed by atoms with Gasteiger partial charge in [0.25, 0.3) is 0 Å². The lowest BCUT2D eigenvalue weighted by Crippen LogP contribution is -2.04. The summed E-state index contributed by atoms with van der Waals surface area (Å²) in [5.41, 5.74) is 5.51. The third kappa shape index (κ3) is 2.50. The lowest BCUT2D eigenvalue weighted by atomic mass is 10.4. The van der Waals surface area contributed by atoms with Crippen molar-refractivity contribution in [3.8, 4) is 5.88 Å². The van der Waals surface area contributed by atoms with Crippen molar-refractivity contribution < 1.29 is 13.5 Å². The van der Waals surface area contributed by atoms with Gasteiger partial charge in [0, 0.05) is 11.8 Å². The normalized spacial score (nSPS) is 10.3. The third-order valence-electron chi connectivity index (χ3n) is 1.00. The number of rotatable bonds is 2. The van der Waals surface area contributed by atoms with E-state index >= 15 is 0 Å². The number of ether oxygens (including phenoxy) is 1. The molecular formula is C6H5ClF2N2O. The SMILES string of the molecule is Nc1cc(Cl)nc(OC(F)F)c1. The van der Waals surface area contributed by atoms with E-state index in [9.17, 15) is 8.78 Å². The Morgan fingerprint density at radius 3 is 2.67 bits per heavy atom. The number of nitrogens with zero attached hydrogens (tertiary/aromatic N) is 1. The molecule has 2 N–H and O–H groups in total. The van der Waals surface area contributed by atoms with Crippen LogP contribution in [-0.2, 0) is 0 Å². The molecule has 0 aliphatic rings. The van der Waals surface area contributed by atoms with Gasteiger partial charge in [0.05, 0.1) is 0 Å². The highest BCUT2D eigenvalue weighted by atomic mass is 35.5. The van der Waals surface area contributed by atoms with E-state index in [2.05, 4.69) is 9.72 Å². The van der Waals surface area contributed by atoms with Gasteiger partial charge in [-0.25, -0.2) is 4.98 Å². The molecule has 66 valence electrons. The number of aromatic nitrogens is 1. The number of halogens is 3. The Balaban J connectivity index is 2.85. The molecular weight excluding hydrogens is 190 g/mol. The zero-order chi connectivity index (χ0) is 9.14. The van der Waals surface area contributed by atoms with Gasteiger partial charge < -0.3 is 10.5 Å². The Kier molecular flexibility index (Phi) is 2.65. The van der Waals surface area contributed by atoms with E-state index in [1.165, 1.54) is 6.07 Å². The minimum Gasteiger partial charge on any atom is -0.417 e. The molecule has 0 aliphatic carbocycles. The standard InChI is InChI=1S/C6H5ClF2N2O/c7-4-1-3(10)2-5(11-4)12-6(8)9/h1-2,6H,(H2,10,11). The lowest BCUT2D eigenvalue weighted by molar-refractivity contribution is -0.0527. The highest BCUT2D eigenvalue weighted by Gasteiger charge is 2.06. The van der Waals surface area contributed by atoms with Crippen molar-refractivity contribution in [1.29, 1.82) is 0 Å². The molecule has 0 atom stereocenters. The van der Waals surface area contributed by atoms with E-state index in [0.717, 1.165) is 6.07 Å². The van der Waals surface area contributed by atoms with Gasteiger partial charge in [0.1, 0.15) is 5.15 Å². The summed E-state index contributed by atoms with van der Waals surface area (Å²) in [5, 5.41) is 0.0191. The summed E-state index contributed by atoms with van der Waals surface area (Å²) in [6.45, 7) is -2.92. The summed E-state index contributed by atoms with van der Waals surface area (Å²) in [7, 11) is 0. The van der Waals surface area contributed by atoms with Crippen LogP contribution in [0.1, 0.15) is 0 Å². The molecule has 0 spiro atoms. The minimum atomic E-state index is -2.92. The van der Waals surface area contributed by atoms with E-state index in [4.69, 9.17) is 17.3 Å². The molecule has 6 heteroatoms. The summed E-state index contributed by atoms with van der Waals surface area (Å²) in [6.07, 6.45) is 0. The van der Waals surface area contributed by atoms with Crippen LogP contribution < -0.4 is 10.5 Å².